The standard InChI is InChI=1S/2C2H4O2S.C2H6O2/c2*3-2(4)1-5;3-1-2-4/h2*5H,1H2,(H,3,4);3-4H,1-2H2. The fourth-order valence-corrected chi connectivity index (χ4v) is 0. The monoisotopic (exact) mass is 246 g/mol. The molecule has 0 spiro atoms. The number of hydrogen-bond acceptors (Lipinski definition) is 6. The maximum Gasteiger partial charge on any atom is 0.313 e. The van der Waals surface area contributed by atoms with Crippen molar-refractivity contribution < 1.29 is 30.0 Å². The fourth-order valence-electron chi connectivity index (χ4n) is 0. The van der Waals surface area contributed by atoms with E-state index in [2.05, 4.69) is 25.3 Å². The number of carbonyl (C=O) groups is 2. The highest BCUT2D eigenvalue weighted by molar-refractivity contribution is 7.81. The molecular formula is C6H14O6S2. The summed E-state index contributed by atoms with van der Waals surface area (Å²) in [4.78, 5) is 18.6. The lowest BCUT2D eigenvalue weighted by Crippen LogP contribution is -1.92. The van der Waals surface area contributed by atoms with E-state index in [1.54, 1.807) is 0 Å². The highest BCUT2D eigenvalue weighted by Gasteiger charge is 1.82. The molecule has 0 unspecified atom stereocenters. The van der Waals surface area contributed by atoms with E-state index in [-0.39, 0.29) is 24.7 Å². The third-order valence-corrected chi connectivity index (χ3v) is 0.912. The Bertz CT molecular complexity index is 124. The lowest BCUT2D eigenvalue weighted by Gasteiger charge is -1.71. The highest BCUT2D eigenvalue weighted by atomic mass is 32.1. The Morgan fingerprint density at radius 3 is 1.00 bits per heavy atom. The summed E-state index contributed by atoms with van der Waals surface area (Å²) in [5, 5.41) is 30.5. The van der Waals surface area contributed by atoms with E-state index in [0.717, 1.165) is 0 Å². The molecule has 8 heteroatoms. The van der Waals surface area contributed by atoms with Gasteiger partial charge in [0.05, 0.1) is 24.7 Å². The van der Waals surface area contributed by atoms with Crippen molar-refractivity contribution >= 4 is 37.2 Å². The summed E-state index contributed by atoms with van der Waals surface area (Å²) in [7, 11) is 0. The van der Waals surface area contributed by atoms with Gasteiger partial charge in [-0.3, -0.25) is 9.59 Å². The molecule has 0 aromatic carbocycles. The van der Waals surface area contributed by atoms with Crippen LogP contribution in [-0.4, -0.2) is 57.1 Å². The first kappa shape index (κ1) is 19.2. The van der Waals surface area contributed by atoms with E-state index < -0.39 is 11.9 Å². The van der Waals surface area contributed by atoms with Crippen molar-refractivity contribution in [3.05, 3.63) is 0 Å². The largest absolute Gasteiger partial charge is 0.481 e. The van der Waals surface area contributed by atoms with Crippen LogP contribution in [-0.2, 0) is 9.59 Å². The van der Waals surface area contributed by atoms with Crippen molar-refractivity contribution in [3.8, 4) is 0 Å². The molecule has 14 heavy (non-hydrogen) atoms. The van der Waals surface area contributed by atoms with Gasteiger partial charge in [-0.05, 0) is 0 Å². The van der Waals surface area contributed by atoms with Crippen LogP contribution in [0, 0.1) is 0 Å². The Balaban J connectivity index is -0.000000131. The molecule has 0 fully saturated rings. The Morgan fingerprint density at radius 2 is 1.00 bits per heavy atom. The molecule has 0 atom stereocenters. The summed E-state index contributed by atoms with van der Waals surface area (Å²) < 4.78 is 0. The molecule has 0 saturated carbocycles. The van der Waals surface area contributed by atoms with Crippen molar-refractivity contribution in [2.24, 2.45) is 0 Å². The van der Waals surface area contributed by atoms with E-state index >= 15 is 0 Å². The minimum Gasteiger partial charge on any atom is -0.481 e. The maximum atomic E-state index is 9.29. The number of thiol groups is 2. The van der Waals surface area contributed by atoms with Crippen molar-refractivity contribution in [2.45, 2.75) is 0 Å². The normalized spacial score (nSPS) is 7.43. The van der Waals surface area contributed by atoms with Gasteiger partial charge in [0.1, 0.15) is 0 Å². The third kappa shape index (κ3) is 62.0. The Hall–Kier alpha value is -0.440. The second-order valence-corrected chi connectivity index (χ2v) is 2.18. The molecule has 4 N–H and O–H groups in total. The minimum atomic E-state index is -0.881. The molecule has 0 aliphatic heterocycles. The Labute approximate surface area is 92.4 Å². The van der Waals surface area contributed by atoms with Gasteiger partial charge >= 0.3 is 11.9 Å². The highest BCUT2D eigenvalue weighted by Crippen LogP contribution is 1.66. The molecule has 0 saturated heterocycles. The fraction of sp³-hybridized carbons (Fsp3) is 0.667. The maximum absolute atomic E-state index is 9.29. The van der Waals surface area contributed by atoms with Gasteiger partial charge in [0.25, 0.3) is 0 Å². The smallest absolute Gasteiger partial charge is 0.313 e. The number of aliphatic carboxylic acids is 2. The molecule has 0 amide bonds. The molecule has 0 bridgehead atoms. The van der Waals surface area contributed by atoms with E-state index in [4.69, 9.17) is 20.4 Å². The van der Waals surface area contributed by atoms with E-state index in [0.29, 0.717) is 0 Å². The van der Waals surface area contributed by atoms with Gasteiger partial charge in [-0.15, -0.1) is 0 Å². The quantitative estimate of drug-likeness (QED) is 0.355. The summed E-state index contributed by atoms with van der Waals surface area (Å²) in [5.41, 5.74) is 0. The van der Waals surface area contributed by atoms with Crippen LogP contribution in [0.25, 0.3) is 0 Å². The number of carboxylic acids is 2. The first-order chi connectivity index (χ1) is 6.45. The van der Waals surface area contributed by atoms with Crippen molar-refractivity contribution in [3.63, 3.8) is 0 Å². The minimum absolute atomic E-state index is 0.0833. The van der Waals surface area contributed by atoms with Crippen LogP contribution in [0.5, 0.6) is 0 Å². The number of carboxylic acid groups (broad SMARTS) is 2. The predicted octanol–water partition coefficient (Wildman–Crippen LogP) is -1.03. The number of aliphatic hydroxyl groups is 2. The van der Waals surface area contributed by atoms with Gasteiger partial charge in [-0.2, -0.15) is 25.3 Å². The zero-order valence-electron chi connectivity index (χ0n) is 7.33. The van der Waals surface area contributed by atoms with Crippen LogP contribution >= 0.6 is 25.3 Å². The first-order valence-corrected chi connectivity index (χ1v) is 4.59. The van der Waals surface area contributed by atoms with Gasteiger partial charge < -0.3 is 20.4 Å². The van der Waals surface area contributed by atoms with Crippen LogP contribution in [0.3, 0.4) is 0 Å². The summed E-state index contributed by atoms with van der Waals surface area (Å²) in [6.07, 6.45) is 0. The van der Waals surface area contributed by atoms with Crippen molar-refractivity contribution in [2.75, 3.05) is 24.7 Å². The summed E-state index contributed by atoms with van der Waals surface area (Å²) >= 11 is 6.83. The average Bonchev–Trinajstić information content (AvgIpc) is 2.19. The van der Waals surface area contributed by atoms with Crippen LogP contribution in [0.15, 0.2) is 0 Å². The Morgan fingerprint density at radius 1 is 0.857 bits per heavy atom. The Kier molecular flexibility index (Phi) is 25.2. The van der Waals surface area contributed by atoms with Crippen LogP contribution in [0.1, 0.15) is 0 Å². The third-order valence-electron chi connectivity index (χ3n) is 0.371. The number of hydrogen-bond donors (Lipinski definition) is 6. The zero-order chi connectivity index (χ0) is 12.0. The van der Waals surface area contributed by atoms with Crippen LogP contribution < -0.4 is 0 Å². The molecule has 6 nitrogen and oxygen atoms in total. The van der Waals surface area contributed by atoms with E-state index in [9.17, 15) is 9.59 Å². The van der Waals surface area contributed by atoms with Gasteiger partial charge in [-0.1, -0.05) is 0 Å². The average molecular weight is 246 g/mol. The van der Waals surface area contributed by atoms with Crippen LogP contribution in [0.4, 0.5) is 0 Å². The summed E-state index contributed by atoms with van der Waals surface area (Å²) in [6.45, 7) is -0.250. The van der Waals surface area contributed by atoms with Gasteiger partial charge in [0, 0.05) is 0 Å². The summed E-state index contributed by atoms with van der Waals surface area (Å²) in [6, 6.07) is 0. The second-order valence-electron chi connectivity index (χ2n) is 1.55. The second kappa shape index (κ2) is 18.4. The van der Waals surface area contributed by atoms with Gasteiger partial charge in [-0.25, -0.2) is 0 Å². The molecule has 0 radical (unpaired) electrons. The number of rotatable bonds is 3. The zero-order valence-corrected chi connectivity index (χ0v) is 9.12. The molecule has 86 valence electrons. The molecule has 0 rings (SSSR count). The van der Waals surface area contributed by atoms with E-state index in [1.165, 1.54) is 0 Å². The molecule has 0 aliphatic carbocycles. The SMILES string of the molecule is O=C(O)CS.O=C(O)CS.OCCO. The molecule has 0 aromatic rings. The molecule has 0 aliphatic rings. The topological polar surface area (TPSA) is 115 Å². The predicted molar refractivity (Wildman–Crippen MR) is 57.1 cm³/mol. The van der Waals surface area contributed by atoms with Crippen LogP contribution in [0.2, 0.25) is 0 Å². The molecular weight excluding hydrogens is 232 g/mol. The summed E-state index contributed by atoms with van der Waals surface area (Å²) in [5.74, 6) is -1.93. The molecule has 0 heterocycles. The van der Waals surface area contributed by atoms with Gasteiger partial charge in [0.2, 0.25) is 0 Å². The van der Waals surface area contributed by atoms with Crippen molar-refractivity contribution in [1.29, 1.82) is 0 Å². The van der Waals surface area contributed by atoms with Gasteiger partial charge in [0.15, 0.2) is 0 Å². The van der Waals surface area contributed by atoms with Crippen molar-refractivity contribution in [1.82, 2.24) is 0 Å². The number of aliphatic hydroxyl groups excluding tert-OH is 2. The molecule has 0 aromatic heterocycles. The lowest BCUT2D eigenvalue weighted by atomic mass is 10.8. The first-order valence-electron chi connectivity index (χ1n) is 3.33. The van der Waals surface area contributed by atoms with E-state index in [1.807, 2.05) is 0 Å². The lowest BCUT2D eigenvalue weighted by molar-refractivity contribution is -0.134.